The van der Waals surface area contributed by atoms with Gasteiger partial charge in [0.2, 0.25) is 0 Å². The number of aromatic hydroxyl groups is 1. The predicted octanol–water partition coefficient (Wildman–Crippen LogP) is 0.00310. The molecule has 0 bridgehead atoms. The summed E-state index contributed by atoms with van der Waals surface area (Å²) in [7, 11) is 0. The van der Waals surface area contributed by atoms with Crippen molar-refractivity contribution in [2.75, 3.05) is 0 Å². The lowest BCUT2D eigenvalue weighted by atomic mass is 9.83. The Balaban J connectivity index is 0. The van der Waals surface area contributed by atoms with E-state index < -0.39 is 6.10 Å². The van der Waals surface area contributed by atoms with Crippen molar-refractivity contribution in [2.24, 2.45) is 0 Å². The number of halogens is 1. The molecule has 8 N–H and O–H groups in total. The number of hydrogen-bond donors (Lipinski definition) is 4. The van der Waals surface area contributed by atoms with Gasteiger partial charge in [-0.15, -0.1) is 12.4 Å². The molecule has 6 nitrogen and oxygen atoms in total. The highest BCUT2D eigenvalue weighted by Gasteiger charge is 2.30. The van der Waals surface area contributed by atoms with Crippen LogP contribution < -0.4 is 5.32 Å². The second-order valence-electron chi connectivity index (χ2n) is 5.20. The smallest absolute Gasteiger partial charge is 0.121 e. The number of fused-ring (bicyclic) bond motifs is 1. The molecule has 0 saturated carbocycles. The van der Waals surface area contributed by atoms with Crippen LogP contribution in [0.15, 0.2) is 12.1 Å². The van der Waals surface area contributed by atoms with E-state index in [4.69, 9.17) is 0 Å². The van der Waals surface area contributed by atoms with Crippen molar-refractivity contribution in [1.82, 2.24) is 5.32 Å². The molecule has 124 valence electrons. The molecule has 0 spiro atoms. The SMILES string of the molecule is CC(C)N[C@@H]1CCc2c(ccc(O)c2CO)[C@H]1O.Cl.O.O. The maximum absolute atomic E-state index is 10.4. The summed E-state index contributed by atoms with van der Waals surface area (Å²) in [6.45, 7) is 3.92. The average Bonchev–Trinajstić information content (AvgIpc) is 2.32. The van der Waals surface area contributed by atoms with Crippen LogP contribution in [0, 0.1) is 0 Å². The van der Waals surface area contributed by atoms with Crippen LogP contribution in [0.25, 0.3) is 0 Å². The highest BCUT2D eigenvalue weighted by molar-refractivity contribution is 5.85. The zero-order valence-electron chi connectivity index (χ0n) is 12.3. The Labute approximate surface area is 130 Å². The summed E-state index contributed by atoms with van der Waals surface area (Å²) < 4.78 is 0. The van der Waals surface area contributed by atoms with Crippen LogP contribution in [0.4, 0.5) is 0 Å². The van der Waals surface area contributed by atoms with E-state index in [2.05, 4.69) is 19.2 Å². The molecule has 1 aromatic carbocycles. The lowest BCUT2D eigenvalue weighted by molar-refractivity contribution is 0.110. The monoisotopic (exact) mass is 323 g/mol. The average molecular weight is 324 g/mol. The molecule has 1 aliphatic carbocycles. The summed E-state index contributed by atoms with van der Waals surface area (Å²) in [6, 6.07) is 3.66. The Kier molecular flexibility index (Phi) is 9.80. The largest absolute Gasteiger partial charge is 0.508 e. The van der Waals surface area contributed by atoms with Crippen molar-refractivity contribution in [3.63, 3.8) is 0 Å². The van der Waals surface area contributed by atoms with E-state index >= 15 is 0 Å². The highest BCUT2D eigenvalue weighted by atomic mass is 35.5. The molecule has 2 rings (SSSR count). The van der Waals surface area contributed by atoms with Gasteiger partial charge >= 0.3 is 0 Å². The highest BCUT2D eigenvalue weighted by Crippen LogP contribution is 2.35. The van der Waals surface area contributed by atoms with E-state index in [0.29, 0.717) is 11.6 Å². The molecule has 0 saturated heterocycles. The summed E-state index contributed by atoms with van der Waals surface area (Å²) in [5, 5.41) is 32.7. The molecule has 7 heteroatoms. The van der Waals surface area contributed by atoms with Crippen LogP contribution in [-0.2, 0) is 13.0 Å². The third-order valence-corrected chi connectivity index (χ3v) is 3.55. The van der Waals surface area contributed by atoms with Gasteiger partial charge in [-0.1, -0.05) is 19.9 Å². The minimum atomic E-state index is -0.581. The zero-order chi connectivity index (χ0) is 13.3. The fraction of sp³-hybridized carbons (Fsp3) is 0.571. The summed E-state index contributed by atoms with van der Waals surface area (Å²) in [4.78, 5) is 0. The van der Waals surface area contributed by atoms with Crippen LogP contribution in [-0.4, -0.2) is 38.4 Å². The normalized spacial score (nSPS) is 19.9. The molecular formula is C14H26ClNO5. The summed E-state index contributed by atoms with van der Waals surface area (Å²) in [5.74, 6) is 0.110. The number of hydrogen-bond acceptors (Lipinski definition) is 4. The first-order valence-corrected chi connectivity index (χ1v) is 6.43. The number of aliphatic hydroxyl groups excluding tert-OH is 2. The van der Waals surface area contributed by atoms with Crippen LogP contribution >= 0.6 is 12.4 Å². The van der Waals surface area contributed by atoms with Gasteiger partial charge in [0.05, 0.1) is 12.7 Å². The standard InChI is InChI=1S/C14H21NO3.ClH.2H2O/c1-8(2)15-12-5-3-9-10(14(12)18)4-6-13(17)11(9)7-16;;;/h4,6,8,12,14-18H,3,5,7H2,1-2H3;1H;2*1H2/t12-,14-;;;/m1.../s1. The fourth-order valence-corrected chi connectivity index (χ4v) is 2.72. The summed E-state index contributed by atoms with van der Waals surface area (Å²) in [5.41, 5.74) is 2.27. The number of aliphatic hydroxyl groups is 2. The topological polar surface area (TPSA) is 136 Å². The van der Waals surface area contributed by atoms with Gasteiger partial charge in [-0.05, 0) is 30.0 Å². The minimum absolute atomic E-state index is 0. The van der Waals surface area contributed by atoms with Crippen molar-refractivity contribution in [3.05, 3.63) is 28.8 Å². The van der Waals surface area contributed by atoms with E-state index in [1.54, 1.807) is 12.1 Å². The van der Waals surface area contributed by atoms with Gasteiger partial charge in [0.25, 0.3) is 0 Å². The lowest BCUT2D eigenvalue weighted by Crippen LogP contribution is -2.42. The van der Waals surface area contributed by atoms with E-state index in [0.717, 1.165) is 24.0 Å². The first-order chi connectivity index (χ1) is 8.54. The number of benzene rings is 1. The Hall–Kier alpha value is -0.890. The Morgan fingerprint density at radius 3 is 2.43 bits per heavy atom. The first-order valence-electron chi connectivity index (χ1n) is 6.43. The third kappa shape index (κ3) is 4.54. The number of rotatable bonds is 3. The van der Waals surface area contributed by atoms with Gasteiger partial charge in [0, 0.05) is 17.6 Å². The zero-order valence-corrected chi connectivity index (χ0v) is 13.1. The quantitative estimate of drug-likeness (QED) is 0.622. The van der Waals surface area contributed by atoms with Gasteiger partial charge in [-0.25, -0.2) is 0 Å². The van der Waals surface area contributed by atoms with Gasteiger partial charge < -0.3 is 31.6 Å². The molecule has 21 heavy (non-hydrogen) atoms. The van der Waals surface area contributed by atoms with Crippen molar-refractivity contribution >= 4 is 12.4 Å². The van der Waals surface area contributed by atoms with Crippen molar-refractivity contribution < 1.29 is 26.3 Å². The molecule has 0 aromatic heterocycles. The van der Waals surface area contributed by atoms with Crippen LogP contribution in [0.3, 0.4) is 0 Å². The van der Waals surface area contributed by atoms with Gasteiger partial charge in [-0.3, -0.25) is 0 Å². The second-order valence-corrected chi connectivity index (χ2v) is 5.20. The minimum Gasteiger partial charge on any atom is -0.508 e. The number of phenols is 1. The van der Waals surface area contributed by atoms with Gasteiger partial charge in [0.15, 0.2) is 0 Å². The molecule has 0 heterocycles. The van der Waals surface area contributed by atoms with Gasteiger partial charge in [0.1, 0.15) is 5.75 Å². The predicted molar refractivity (Wildman–Crippen MR) is 83.8 cm³/mol. The molecular weight excluding hydrogens is 298 g/mol. The summed E-state index contributed by atoms with van der Waals surface area (Å²) >= 11 is 0. The van der Waals surface area contributed by atoms with E-state index in [1.807, 2.05) is 0 Å². The Morgan fingerprint density at radius 1 is 1.29 bits per heavy atom. The van der Waals surface area contributed by atoms with Crippen LogP contribution in [0.1, 0.15) is 43.1 Å². The summed E-state index contributed by atoms with van der Waals surface area (Å²) in [6.07, 6.45) is 0.992. The van der Waals surface area contributed by atoms with Crippen LogP contribution in [0.2, 0.25) is 0 Å². The van der Waals surface area contributed by atoms with Crippen LogP contribution in [0.5, 0.6) is 5.75 Å². The Bertz CT molecular complexity index is 442. The Morgan fingerprint density at radius 2 is 1.90 bits per heavy atom. The molecule has 2 atom stereocenters. The van der Waals surface area contributed by atoms with E-state index in [1.165, 1.54) is 0 Å². The van der Waals surface area contributed by atoms with Gasteiger partial charge in [-0.2, -0.15) is 0 Å². The van der Waals surface area contributed by atoms with Crippen molar-refractivity contribution in [3.8, 4) is 5.75 Å². The lowest BCUT2D eigenvalue weighted by Gasteiger charge is -2.33. The molecule has 0 fully saturated rings. The van der Waals surface area contributed by atoms with Crippen molar-refractivity contribution in [1.29, 1.82) is 0 Å². The molecule has 1 aliphatic rings. The van der Waals surface area contributed by atoms with E-state index in [9.17, 15) is 15.3 Å². The second kappa shape index (κ2) is 9.19. The molecule has 0 radical (unpaired) electrons. The molecule has 0 aliphatic heterocycles. The molecule has 0 unspecified atom stereocenters. The van der Waals surface area contributed by atoms with Crippen molar-refractivity contribution in [2.45, 2.75) is 51.5 Å². The maximum Gasteiger partial charge on any atom is 0.121 e. The number of nitrogens with one attached hydrogen (secondary N) is 1. The third-order valence-electron chi connectivity index (χ3n) is 3.55. The maximum atomic E-state index is 10.4. The molecule has 0 amide bonds. The van der Waals surface area contributed by atoms with E-state index in [-0.39, 0.29) is 41.8 Å². The fourth-order valence-electron chi connectivity index (χ4n) is 2.72. The molecule has 1 aromatic rings. The first kappa shape index (κ1) is 22.4.